The molecule has 15 aromatic rings. The molecule has 0 amide bonds. The van der Waals surface area contributed by atoms with Gasteiger partial charge in [0.2, 0.25) is 0 Å². The first-order valence-corrected chi connectivity index (χ1v) is 32.2. The normalized spacial score (nSPS) is 12.2. The fraction of sp³-hybridized carbons (Fsp3) is 0.0588. The molecule has 1 aliphatic carbocycles. The lowest BCUT2D eigenvalue weighted by Crippen LogP contribution is -2.15. The van der Waals surface area contributed by atoms with Gasteiger partial charge in [-0.2, -0.15) is 12.6 Å². The lowest BCUT2D eigenvalue weighted by molar-refractivity contribution is 0.670. The highest BCUT2D eigenvalue weighted by Crippen LogP contribution is 2.47. The summed E-state index contributed by atoms with van der Waals surface area (Å²) in [4.78, 5) is 6.94. The molecule has 0 radical (unpaired) electrons. The average molecular weight is 1210 g/mol. The number of fused-ring (bicyclic) bond motifs is 9. The number of anilines is 8. The molecule has 92 heavy (non-hydrogen) atoms. The molecular weight excluding hydrogens is 1140 g/mol. The van der Waals surface area contributed by atoms with Crippen molar-refractivity contribution < 1.29 is 14.7 Å². The summed E-state index contributed by atoms with van der Waals surface area (Å²) in [7, 11) is 0. The molecular formula is C85H69N3O3S. The van der Waals surface area contributed by atoms with Crippen LogP contribution in [0.5, 0.6) is 0 Å². The minimum absolute atomic E-state index is 0. The molecule has 1 aliphatic rings. The summed E-state index contributed by atoms with van der Waals surface area (Å²) in [6, 6.07) is 98.8. The van der Waals surface area contributed by atoms with E-state index in [0.29, 0.717) is 0 Å². The second-order valence-electron chi connectivity index (χ2n) is 22.5. The minimum atomic E-state index is 0. The molecule has 7 heteroatoms. The molecule has 0 spiro atoms. The Hall–Kier alpha value is -11.3. The Morgan fingerprint density at radius 2 is 0.630 bits per heavy atom. The number of allylic oxidation sites excluding steroid dienone is 7. The zero-order valence-electron chi connectivity index (χ0n) is 51.5. The molecule has 12 aromatic carbocycles. The molecule has 0 unspecified atom stereocenters. The summed E-state index contributed by atoms with van der Waals surface area (Å²) in [5, 5.41) is 6.24. The molecule has 0 aliphatic heterocycles. The van der Waals surface area contributed by atoms with E-state index in [-0.39, 0.29) is 1.43 Å². The van der Waals surface area contributed by atoms with Crippen LogP contribution in [0.15, 0.2) is 341 Å². The van der Waals surface area contributed by atoms with E-state index in [1.165, 1.54) is 0 Å². The molecule has 3 aromatic heterocycles. The quantitative estimate of drug-likeness (QED) is 0.0917. The number of hydrogen-bond donors (Lipinski definition) is 1. The Morgan fingerprint density at radius 1 is 0.315 bits per heavy atom. The first-order valence-electron chi connectivity index (χ1n) is 31.3. The third-order valence-electron chi connectivity index (χ3n) is 16.9. The Kier molecular flexibility index (Phi) is 16.8. The lowest BCUT2D eigenvalue weighted by Gasteiger charge is -2.27. The molecule has 16 rings (SSSR count). The number of hydrogen-bond acceptors (Lipinski definition) is 7. The predicted octanol–water partition coefficient (Wildman–Crippen LogP) is 25.6. The van der Waals surface area contributed by atoms with Gasteiger partial charge in [0.25, 0.3) is 0 Å². The molecule has 0 saturated carbocycles. The van der Waals surface area contributed by atoms with Crippen LogP contribution in [0.25, 0.3) is 99.2 Å². The van der Waals surface area contributed by atoms with Gasteiger partial charge in [0.05, 0.1) is 0 Å². The Labute approximate surface area is 543 Å². The molecule has 3 heterocycles. The van der Waals surface area contributed by atoms with E-state index in [1.54, 1.807) is 6.26 Å². The van der Waals surface area contributed by atoms with Crippen molar-refractivity contribution >= 4 is 124 Å². The molecule has 448 valence electrons. The van der Waals surface area contributed by atoms with Gasteiger partial charge in [-0.15, -0.1) is 0 Å². The summed E-state index contributed by atoms with van der Waals surface area (Å²) in [6.45, 7) is 4.00. The largest absolute Gasteiger partial charge is 0.455 e. The van der Waals surface area contributed by atoms with E-state index in [1.807, 2.05) is 38.2 Å². The maximum atomic E-state index is 7.03. The highest BCUT2D eigenvalue weighted by Gasteiger charge is 2.24. The van der Waals surface area contributed by atoms with Crippen LogP contribution < -0.4 is 14.7 Å². The van der Waals surface area contributed by atoms with Crippen LogP contribution in [0.1, 0.15) is 28.1 Å². The van der Waals surface area contributed by atoms with E-state index in [4.69, 9.17) is 13.3 Å². The number of rotatable bonds is 13. The molecule has 0 bridgehead atoms. The first kappa shape index (κ1) is 58.4. The molecule has 0 atom stereocenters. The lowest BCUT2D eigenvalue weighted by atomic mass is 9.91. The average Bonchev–Trinajstić information content (AvgIpc) is 1.65. The van der Waals surface area contributed by atoms with E-state index < -0.39 is 0 Å². The second kappa shape index (κ2) is 26.4. The second-order valence-corrected chi connectivity index (χ2v) is 22.5. The van der Waals surface area contributed by atoms with Crippen LogP contribution in [0, 0.1) is 0 Å². The standard InChI is InChI=1S/C78H53N3O3.C6H10.CH4S.H2/c1-7-22-55(23-8-1)79(56-24-9-2-10-25-56)61-40-43-73-70(49-61)67-37-19-34-64(76(67)82-73)52-46-53(65-35-20-38-68-71-50-62(41-44-74(71)83-77(65)68)80(57-26-11-3-12-27-57)58-28-13-4-14-29-58)48-54(47-52)66-36-21-39-69-72-51-63(42-45-75(72)84-78(66)69)81(59-30-15-5-16-31-59)60-32-17-6-18-33-60;1-3-5-6-4-2;1-2;/h1-5,7-17,19-51H,6,18H2;3-6H,1-2H3;2H,1H3;1H/b;5-3-,6-4-;;. The van der Waals surface area contributed by atoms with Crippen LogP contribution in [0.2, 0.25) is 0 Å². The van der Waals surface area contributed by atoms with Crippen LogP contribution in [0.3, 0.4) is 0 Å². The number of thiol groups is 1. The Morgan fingerprint density at radius 3 is 0.935 bits per heavy atom. The van der Waals surface area contributed by atoms with Crippen molar-refractivity contribution in [1.29, 1.82) is 0 Å². The Bertz CT molecular complexity index is 4920. The summed E-state index contributed by atoms with van der Waals surface area (Å²) >= 11 is 3.53. The third kappa shape index (κ3) is 11.4. The van der Waals surface area contributed by atoms with Crippen molar-refractivity contribution in [3.8, 4) is 33.4 Å². The van der Waals surface area contributed by atoms with Crippen molar-refractivity contribution in [2.45, 2.75) is 26.7 Å². The smallest absolute Gasteiger partial charge is 0.143 e. The van der Waals surface area contributed by atoms with E-state index in [2.05, 4.69) is 325 Å². The zero-order valence-corrected chi connectivity index (χ0v) is 52.4. The van der Waals surface area contributed by atoms with Crippen molar-refractivity contribution in [2.24, 2.45) is 0 Å². The van der Waals surface area contributed by atoms with E-state index in [9.17, 15) is 0 Å². The Balaban J connectivity index is 0.000000830. The summed E-state index contributed by atoms with van der Waals surface area (Å²) in [6.07, 6.45) is 18.6. The zero-order chi connectivity index (χ0) is 62.3. The molecule has 0 fully saturated rings. The van der Waals surface area contributed by atoms with Crippen LogP contribution in [-0.2, 0) is 0 Å². The first-order chi connectivity index (χ1) is 45.6. The van der Waals surface area contributed by atoms with Crippen molar-refractivity contribution in [1.82, 2.24) is 0 Å². The van der Waals surface area contributed by atoms with Gasteiger partial charge in [-0.25, -0.2) is 0 Å². The molecule has 0 N–H and O–H groups in total. The fourth-order valence-electron chi connectivity index (χ4n) is 12.8. The van der Waals surface area contributed by atoms with Gasteiger partial charge < -0.3 is 28.0 Å². The summed E-state index contributed by atoms with van der Waals surface area (Å²) in [5.41, 5.74) is 20.6. The van der Waals surface area contributed by atoms with Crippen molar-refractivity contribution in [2.75, 3.05) is 21.0 Å². The molecule has 0 saturated heterocycles. The SMILES string of the molecule is C/C=C\C=C/C.C1=CC(N(c2ccccc2)c2ccc3oc4c(-c5cc(-c6cccc7c6oc6ccc(N(c8ccccc8)c8ccccc8)cc67)cc(-c6cccc7c6oc6ccc(N(c8ccccc8)c8ccccc8)cc67)c5)cccc4c3c2)=CCC1.CS.[HH]. The monoisotopic (exact) mass is 1210 g/mol. The van der Waals surface area contributed by atoms with Crippen LogP contribution in [-0.4, -0.2) is 6.26 Å². The van der Waals surface area contributed by atoms with E-state index in [0.717, 1.165) is 163 Å². The number of para-hydroxylation sites is 8. The maximum absolute atomic E-state index is 7.03. The van der Waals surface area contributed by atoms with Gasteiger partial charge in [-0.05, 0) is 189 Å². The van der Waals surface area contributed by atoms with Crippen molar-refractivity contribution in [3.63, 3.8) is 0 Å². The van der Waals surface area contributed by atoms with Crippen LogP contribution >= 0.6 is 12.6 Å². The minimum Gasteiger partial charge on any atom is -0.455 e. The van der Waals surface area contributed by atoms with Crippen LogP contribution in [0.4, 0.5) is 45.5 Å². The van der Waals surface area contributed by atoms with E-state index >= 15 is 0 Å². The highest BCUT2D eigenvalue weighted by atomic mass is 32.1. The maximum Gasteiger partial charge on any atom is 0.143 e. The van der Waals surface area contributed by atoms with Gasteiger partial charge in [0.1, 0.15) is 33.5 Å². The predicted molar refractivity (Wildman–Crippen MR) is 396 cm³/mol. The van der Waals surface area contributed by atoms with Gasteiger partial charge >= 0.3 is 0 Å². The van der Waals surface area contributed by atoms with Gasteiger partial charge in [-0.3, -0.25) is 0 Å². The fourth-order valence-corrected chi connectivity index (χ4v) is 12.8. The number of nitrogens with zero attached hydrogens (tertiary/aromatic N) is 3. The molecule has 6 nitrogen and oxygen atoms in total. The van der Waals surface area contributed by atoms with Gasteiger partial charge in [0.15, 0.2) is 0 Å². The summed E-state index contributed by atoms with van der Waals surface area (Å²) < 4.78 is 21.1. The van der Waals surface area contributed by atoms with Gasteiger partial charge in [0, 0.05) is 102 Å². The number of benzene rings is 12. The summed E-state index contributed by atoms with van der Waals surface area (Å²) in [5.74, 6) is 0. The highest BCUT2D eigenvalue weighted by molar-refractivity contribution is 7.79. The third-order valence-corrected chi connectivity index (χ3v) is 16.9. The van der Waals surface area contributed by atoms with Gasteiger partial charge in [-0.1, -0.05) is 182 Å². The number of furan rings is 3. The topological polar surface area (TPSA) is 49.1 Å². The van der Waals surface area contributed by atoms with Crippen molar-refractivity contribution in [3.05, 3.63) is 327 Å².